The molecule has 1 heterocycles. The number of alkyl halides is 3. The topological polar surface area (TPSA) is 84.6 Å². The molecule has 0 spiro atoms. The van der Waals surface area contributed by atoms with E-state index >= 15 is 0 Å². The number of aromatic nitrogens is 2. The van der Waals surface area contributed by atoms with E-state index in [4.69, 9.17) is 9.84 Å². The van der Waals surface area contributed by atoms with Gasteiger partial charge in [0.05, 0.1) is 19.2 Å². The zero-order valence-corrected chi connectivity index (χ0v) is 15.8. The normalized spacial score (nSPS) is 17.5. The van der Waals surface area contributed by atoms with Crippen molar-refractivity contribution < 1.29 is 32.9 Å². The second-order valence-electron chi connectivity index (χ2n) is 7.04. The van der Waals surface area contributed by atoms with Crippen LogP contribution in [-0.2, 0) is 17.4 Å². The molecule has 1 atom stereocenters. The van der Waals surface area contributed by atoms with Crippen molar-refractivity contribution in [1.82, 2.24) is 9.78 Å². The number of aliphatic hydroxyl groups is 1. The highest BCUT2D eigenvalue weighted by molar-refractivity contribution is 5.93. The quantitative estimate of drug-likeness (QED) is 0.660. The number of aryl methyl sites for hydroxylation is 1. The molecule has 3 aromatic rings. The Morgan fingerprint density at radius 3 is 2.57 bits per heavy atom. The van der Waals surface area contributed by atoms with Crippen molar-refractivity contribution >= 4 is 5.97 Å². The number of carboxylic acids is 1. The monoisotopic (exact) mass is 418 g/mol. The van der Waals surface area contributed by atoms with Crippen molar-refractivity contribution in [3.63, 3.8) is 0 Å². The molecule has 1 aliphatic rings. The average molecular weight is 418 g/mol. The van der Waals surface area contributed by atoms with E-state index in [1.807, 2.05) is 0 Å². The number of aliphatic carboxylic acids is 1. The number of rotatable bonds is 5. The molecule has 1 aromatic heterocycles. The summed E-state index contributed by atoms with van der Waals surface area (Å²) in [7, 11) is 1.68. The molecule has 1 unspecified atom stereocenters. The Kier molecular flexibility index (Phi) is 4.58. The number of carboxylic acid groups (broad SMARTS) is 1. The molecule has 30 heavy (non-hydrogen) atoms. The lowest BCUT2D eigenvalue weighted by Gasteiger charge is -2.28. The van der Waals surface area contributed by atoms with E-state index in [0.29, 0.717) is 11.1 Å². The Morgan fingerprint density at radius 1 is 1.20 bits per heavy atom. The minimum absolute atomic E-state index is 0.0318. The lowest BCUT2D eigenvalue weighted by atomic mass is 9.89. The smallest absolute Gasteiger partial charge is 0.425 e. The number of nitrogens with zero attached hydrogens (tertiary/aromatic N) is 2. The van der Waals surface area contributed by atoms with E-state index in [-0.39, 0.29) is 41.0 Å². The van der Waals surface area contributed by atoms with Gasteiger partial charge in [-0.15, -0.1) is 0 Å². The summed E-state index contributed by atoms with van der Waals surface area (Å²) < 4.78 is 49.4. The number of carbonyl (C=O) groups is 1. The molecule has 2 N–H and O–H groups in total. The Labute approximate surface area is 169 Å². The van der Waals surface area contributed by atoms with Crippen molar-refractivity contribution in [3.05, 3.63) is 59.9 Å². The minimum Gasteiger partial charge on any atom is -0.493 e. The van der Waals surface area contributed by atoms with Crippen LogP contribution in [0.1, 0.15) is 17.5 Å². The van der Waals surface area contributed by atoms with Gasteiger partial charge in [-0.25, -0.2) is 0 Å². The summed E-state index contributed by atoms with van der Waals surface area (Å²) in [5.74, 6) is -1.06. The molecule has 0 aliphatic heterocycles. The van der Waals surface area contributed by atoms with Gasteiger partial charge in [0, 0.05) is 29.9 Å². The van der Waals surface area contributed by atoms with Crippen LogP contribution in [0, 0.1) is 0 Å². The number of benzene rings is 2. The molecule has 0 amide bonds. The van der Waals surface area contributed by atoms with Crippen LogP contribution in [0.25, 0.3) is 22.3 Å². The van der Waals surface area contributed by atoms with Crippen LogP contribution in [-0.4, -0.2) is 38.7 Å². The van der Waals surface area contributed by atoms with Gasteiger partial charge in [-0.1, -0.05) is 24.3 Å². The van der Waals surface area contributed by atoms with Crippen LogP contribution in [0.15, 0.2) is 48.8 Å². The minimum atomic E-state index is -4.99. The van der Waals surface area contributed by atoms with Gasteiger partial charge in [-0.2, -0.15) is 18.3 Å². The average Bonchev–Trinajstić information content (AvgIpc) is 3.22. The molecule has 2 aromatic carbocycles. The van der Waals surface area contributed by atoms with Crippen molar-refractivity contribution in [1.29, 1.82) is 0 Å². The van der Waals surface area contributed by atoms with Crippen molar-refractivity contribution in [2.24, 2.45) is 7.05 Å². The molecule has 156 valence electrons. The predicted octanol–water partition coefficient (Wildman–Crippen LogP) is 3.72. The first-order valence-corrected chi connectivity index (χ1v) is 9.04. The molecule has 0 radical (unpaired) electrons. The molecule has 0 bridgehead atoms. The SMILES string of the molecule is Cn1cc(-c2cc(OCCC(=O)O)cc3c2-c2ccccc2C3(O)C(F)(F)F)cn1. The molecular weight excluding hydrogens is 401 g/mol. The second-order valence-corrected chi connectivity index (χ2v) is 7.04. The van der Waals surface area contributed by atoms with E-state index in [1.165, 1.54) is 35.1 Å². The Bertz CT molecular complexity index is 1140. The fourth-order valence-corrected chi connectivity index (χ4v) is 3.79. The van der Waals surface area contributed by atoms with E-state index in [2.05, 4.69) is 5.10 Å². The number of hydrogen-bond donors (Lipinski definition) is 2. The van der Waals surface area contributed by atoms with Crippen LogP contribution in [0.5, 0.6) is 5.75 Å². The first-order chi connectivity index (χ1) is 14.1. The molecule has 0 saturated carbocycles. The molecule has 0 fully saturated rings. The summed E-state index contributed by atoms with van der Waals surface area (Å²) in [6.07, 6.45) is -2.15. The third-order valence-electron chi connectivity index (χ3n) is 5.10. The van der Waals surface area contributed by atoms with Gasteiger partial charge < -0.3 is 14.9 Å². The van der Waals surface area contributed by atoms with Gasteiger partial charge in [-0.3, -0.25) is 9.48 Å². The van der Waals surface area contributed by atoms with Gasteiger partial charge in [0.2, 0.25) is 5.60 Å². The van der Waals surface area contributed by atoms with E-state index in [0.717, 1.165) is 6.07 Å². The third kappa shape index (κ3) is 3.02. The molecule has 4 rings (SSSR count). The maximum atomic E-state index is 14.1. The van der Waals surface area contributed by atoms with Crippen molar-refractivity contribution in [3.8, 4) is 28.0 Å². The van der Waals surface area contributed by atoms with Crippen molar-refractivity contribution in [2.75, 3.05) is 6.61 Å². The first-order valence-electron chi connectivity index (χ1n) is 9.04. The molecular formula is C21H17F3N2O4. The fourth-order valence-electron chi connectivity index (χ4n) is 3.79. The van der Waals surface area contributed by atoms with Crippen LogP contribution < -0.4 is 4.74 Å². The van der Waals surface area contributed by atoms with E-state index < -0.39 is 17.7 Å². The van der Waals surface area contributed by atoms with Crippen LogP contribution in [0.4, 0.5) is 13.2 Å². The highest BCUT2D eigenvalue weighted by Crippen LogP contribution is 2.58. The Hall–Kier alpha value is -3.33. The Balaban J connectivity index is 1.98. The number of hydrogen-bond acceptors (Lipinski definition) is 4. The molecule has 1 aliphatic carbocycles. The summed E-state index contributed by atoms with van der Waals surface area (Å²) in [6.45, 7) is -0.224. The van der Waals surface area contributed by atoms with Gasteiger partial charge in [0.25, 0.3) is 0 Å². The molecule has 9 heteroatoms. The lowest BCUT2D eigenvalue weighted by Crippen LogP contribution is -2.41. The predicted molar refractivity (Wildman–Crippen MR) is 101 cm³/mol. The number of fused-ring (bicyclic) bond motifs is 3. The van der Waals surface area contributed by atoms with Crippen LogP contribution in [0.3, 0.4) is 0 Å². The first kappa shape index (κ1) is 20.0. The van der Waals surface area contributed by atoms with Gasteiger partial charge >= 0.3 is 12.1 Å². The summed E-state index contributed by atoms with van der Waals surface area (Å²) >= 11 is 0. The van der Waals surface area contributed by atoms with Gasteiger partial charge in [0.15, 0.2) is 0 Å². The Morgan fingerprint density at radius 2 is 1.93 bits per heavy atom. The van der Waals surface area contributed by atoms with E-state index in [1.54, 1.807) is 19.3 Å². The summed E-state index contributed by atoms with van der Waals surface area (Å²) in [5.41, 5.74) is -2.39. The molecule has 6 nitrogen and oxygen atoms in total. The molecule has 0 saturated heterocycles. The van der Waals surface area contributed by atoms with Crippen LogP contribution in [0.2, 0.25) is 0 Å². The highest BCUT2D eigenvalue weighted by atomic mass is 19.4. The maximum Gasteiger partial charge on any atom is 0.425 e. The van der Waals surface area contributed by atoms with Gasteiger partial charge in [-0.05, 0) is 28.8 Å². The fraction of sp³-hybridized carbons (Fsp3) is 0.238. The van der Waals surface area contributed by atoms with Crippen LogP contribution >= 0.6 is 0 Å². The third-order valence-corrected chi connectivity index (χ3v) is 5.10. The largest absolute Gasteiger partial charge is 0.493 e. The lowest BCUT2D eigenvalue weighted by molar-refractivity contribution is -0.246. The summed E-state index contributed by atoms with van der Waals surface area (Å²) in [4.78, 5) is 10.8. The standard InChI is InChI=1S/C21H17F3N2O4/c1-26-11-12(10-25-26)15-8-13(30-7-6-18(27)28)9-17-19(15)14-4-2-3-5-16(14)20(17,29)21(22,23)24/h2-5,8-11,29H,6-7H2,1H3,(H,27,28). The maximum absolute atomic E-state index is 14.1. The zero-order chi connectivity index (χ0) is 21.7. The summed E-state index contributed by atoms with van der Waals surface area (Å²) in [5, 5.41) is 23.8. The van der Waals surface area contributed by atoms with Crippen molar-refractivity contribution in [2.45, 2.75) is 18.2 Å². The zero-order valence-electron chi connectivity index (χ0n) is 15.8. The van der Waals surface area contributed by atoms with Gasteiger partial charge in [0.1, 0.15) is 5.75 Å². The van der Waals surface area contributed by atoms with E-state index in [9.17, 15) is 23.1 Å². The number of halogens is 3. The summed E-state index contributed by atoms with van der Waals surface area (Å²) in [6, 6.07) is 8.50. The second kappa shape index (κ2) is 6.88. The highest BCUT2D eigenvalue weighted by Gasteiger charge is 2.61. The number of ether oxygens (including phenoxy) is 1.